The van der Waals surface area contributed by atoms with E-state index >= 15 is 0 Å². The second-order valence-corrected chi connectivity index (χ2v) is 10.6. The summed E-state index contributed by atoms with van der Waals surface area (Å²) in [6.07, 6.45) is 0. The number of nitrogens with zero attached hydrogens (tertiary/aromatic N) is 4. The summed E-state index contributed by atoms with van der Waals surface area (Å²) in [7, 11) is 17.9. The maximum absolute atomic E-state index is 13.6. The lowest BCUT2D eigenvalue weighted by Gasteiger charge is -2.29. The first-order valence-electron chi connectivity index (χ1n) is 10.8. The van der Waals surface area contributed by atoms with Crippen molar-refractivity contribution in [3.05, 3.63) is 93.2 Å². The van der Waals surface area contributed by atoms with E-state index in [2.05, 4.69) is 0 Å². The zero-order valence-electron chi connectivity index (χ0n) is 21.2. The van der Waals surface area contributed by atoms with Crippen molar-refractivity contribution < 1.29 is 9.59 Å². The maximum atomic E-state index is 13.6. The molecule has 0 aromatic heterocycles. The summed E-state index contributed by atoms with van der Waals surface area (Å²) >= 11 is 0. The lowest BCUT2D eigenvalue weighted by Crippen LogP contribution is -2.28. The fourth-order valence-corrected chi connectivity index (χ4v) is 6.32. The van der Waals surface area contributed by atoms with Gasteiger partial charge in [0, 0.05) is 67.5 Å². The molecule has 8 heteroatoms. The molecule has 0 bridgehead atoms. The van der Waals surface area contributed by atoms with E-state index in [0.717, 1.165) is 11.6 Å². The standard InChI is InChI=1S/C26H34N4O2S2/c1-27(2)25(28(3)4)23(21(31)19-15-11-9-12-16-19)33-34-24(26(29(5)6)30(7)8)22(32)20-17-13-10-14-18-20/h9-18H,1-8H3. The summed E-state index contributed by atoms with van der Waals surface area (Å²) in [5, 5.41) is 0. The van der Waals surface area contributed by atoms with Gasteiger partial charge in [-0.2, -0.15) is 0 Å². The van der Waals surface area contributed by atoms with E-state index in [-0.39, 0.29) is 11.6 Å². The third-order valence-electron chi connectivity index (χ3n) is 4.79. The van der Waals surface area contributed by atoms with Crippen molar-refractivity contribution in [3.63, 3.8) is 0 Å². The zero-order chi connectivity index (χ0) is 25.4. The van der Waals surface area contributed by atoms with Gasteiger partial charge in [-0.25, -0.2) is 0 Å². The number of hydrogen-bond acceptors (Lipinski definition) is 8. The molecular weight excluding hydrogens is 464 g/mol. The zero-order valence-corrected chi connectivity index (χ0v) is 22.8. The van der Waals surface area contributed by atoms with E-state index in [1.807, 2.05) is 137 Å². The maximum Gasteiger partial charge on any atom is 0.203 e. The highest BCUT2D eigenvalue weighted by atomic mass is 33.1. The highest BCUT2D eigenvalue weighted by Gasteiger charge is 2.26. The molecule has 0 radical (unpaired) electrons. The van der Waals surface area contributed by atoms with Crippen molar-refractivity contribution in [1.82, 2.24) is 19.6 Å². The quantitative estimate of drug-likeness (QED) is 0.251. The number of carbonyl (C=O) groups excluding carboxylic acids is 2. The van der Waals surface area contributed by atoms with Crippen molar-refractivity contribution in [2.75, 3.05) is 56.4 Å². The van der Waals surface area contributed by atoms with Crippen molar-refractivity contribution >= 4 is 33.2 Å². The van der Waals surface area contributed by atoms with Crippen molar-refractivity contribution in [3.8, 4) is 0 Å². The van der Waals surface area contributed by atoms with Crippen LogP contribution in [-0.4, -0.2) is 87.5 Å². The number of hydrogen-bond donors (Lipinski definition) is 0. The number of ketones is 2. The van der Waals surface area contributed by atoms with Gasteiger partial charge in [0.25, 0.3) is 0 Å². The lowest BCUT2D eigenvalue weighted by molar-refractivity contribution is 0.102. The van der Waals surface area contributed by atoms with E-state index in [1.54, 1.807) is 0 Å². The molecule has 0 aliphatic carbocycles. The van der Waals surface area contributed by atoms with Gasteiger partial charge in [-0.15, -0.1) is 0 Å². The average molecular weight is 499 g/mol. The number of rotatable bonds is 11. The number of Topliss-reactive ketones (excluding diaryl/α,β-unsaturated/α-hetero) is 2. The Morgan fingerprint density at radius 1 is 0.500 bits per heavy atom. The fraction of sp³-hybridized carbons (Fsp3) is 0.308. The van der Waals surface area contributed by atoms with E-state index in [9.17, 15) is 9.59 Å². The average Bonchev–Trinajstić information content (AvgIpc) is 2.79. The molecule has 2 aromatic carbocycles. The molecule has 2 aromatic rings. The van der Waals surface area contributed by atoms with Crippen LogP contribution in [0.1, 0.15) is 20.7 Å². The van der Waals surface area contributed by atoms with Gasteiger partial charge in [0.05, 0.1) is 0 Å². The first kappa shape index (κ1) is 27.4. The molecule has 182 valence electrons. The molecule has 0 aliphatic heterocycles. The Hall–Kier alpha value is -2.84. The summed E-state index contributed by atoms with van der Waals surface area (Å²) in [4.78, 5) is 36.0. The Morgan fingerprint density at radius 2 is 0.765 bits per heavy atom. The summed E-state index contributed by atoms with van der Waals surface area (Å²) < 4.78 is 0. The molecule has 0 N–H and O–H groups in total. The van der Waals surface area contributed by atoms with E-state index < -0.39 is 0 Å². The van der Waals surface area contributed by atoms with Crippen LogP contribution >= 0.6 is 21.6 Å². The molecule has 0 saturated heterocycles. The van der Waals surface area contributed by atoms with E-state index in [1.165, 1.54) is 21.6 Å². The van der Waals surface area contributed by atoms with Gasteiger partial charge in [0.1, 0.15) is 21.5 Å². The molecule has 2 rings (SSSR count). The van der Waals surface area contributed by atoms with Crippen LogP contribution < -0.4 is 0 Å². The monoisotopic (exact) mass is 498 g/mol. The van der Waals surface area contributed by atoms with Crippen LogP contribution in [0.5, 0.6) is 0 Å². The van der Waals surface area contributed by atoms with Crippen LogP contribution in [0.2, 0.25) is 0 Å². The molecule has 0 spiro atoms. The van der Waals surface area contributed by atoms with Gasteiger partial charge in [0.2, 0.25) is 11.6 Å². The first-order valence-corrected chi connectivity index (χ1v) is 12.9. The molecule has 0 saturated carbocycles. The summed E-state index contributed by atoms with van der Waals surface area (Å²) in [6.45, 7) is 0. The largest absolute Gasteiger partial charge is 0.363 e. The van der Waals surface area contributed by atoms with Crippen molar-refractivity contribution in [2.24, 2.45) is 0 Å². The molecule has 0 amide bonds. The highest BCUT2D eigenvalue weighted by Crippen LogP contribution is 2.43. The van der Waals surface area contributed by atoms with Crippen LogP contribution in [-0.2, 0) is 0 Å². The lowest BCUT2D eigenvalue weighted by atomic mass is 10.1. The second kappa shape index (κ2) is 12.6. The minimum atomic E-state index is -0.0849. The topological polar surface area (TPSA) is 47.1 Å². The number of carbonyl (C=O) groups is 2. The third-order valence-corrected chi connectivity index (χ3v) is 7.20. The molecule has 0 fully saturated rings. The Kier molecular flexibility index (Phi) is 10.1. The van der Waals surface area contributed by atoms with Gasteiger partial charge in [-0.3, -0.25) is 9.59 Å². The summed E-state index contributed by atoms with van der Waals surface area (Å²) in [6, 6.07) is 18.5. The minimum absolute atomic E-state index is 0.0849. The molecule has 0 atom stereocenters. The van der Waals surface area contributed by atoms with Gasteiger partial charge in [0.15, 0.2) is 0 Å². The van der Waals surface area contributed by atoms with E-state index in [4.69, 9.17) is 0 Å². The molecule has 0 aliphatic rings. The predicted octanol–water partition coefficient (Wildman–Crippen LogP) is 4.72. The Balaban J connectivity index is 2.61. The normalized spacial score (nSPS) is 10.2. The van der Waals surface area contributed by atoms with Crippen LogP contribution in [0, 0.1) is 0 Å². The van der Waals surface area contributed by atoms with Gasteiger partial charge in [-0.1, -0.05) is 60.7 Å². The molecule has 6 nitrogen and oxygen atoms in total. The highest BCUT2D eigenvalue weighted by molar-refractivity contribution is 8.80. The minimum Gasteiger partial charge on any atom is -0.363 e. The third kappa shape index (κ3) is 6.84. The van der Waals surface area contributed by atoms with Crippen LogP contribution in [0.15, 0.2) is 82.1 Å². The van der Waals surface area contributed by atoms with Gasteiger partial charge >= 0.3 is 0 Å². The van der Waals surface area contributed by atoms with Gasteiger partial charge < -0.3 is 19.6 Å². The van der Waals surface area contributed by atoms with Crippen LogP contribution in [0.3, 0.4) is 0 Å². The smallest absolute Gasteiger partial charge is 0.203 e. The Morgan fingerprint density at radius 3 is 1.00 bits per heavy atom. The van der Waals surface area contributed by atoms with Crippen molar-refractivity contribution in [1.29, 1.82) is 0 Å². The van der Waals surface area contributed by atoms with Gasteiger partial charge in [-0.05, 0) is 21.6 Å². The molecular formula is C26H34N4O2S2. The van der Waals surface area contributed by atoms with Crippen LogP contribution in [0.25, 0.3) is 0 Å². The van der Waals surface area contributed by atoms with E-state index in [0.29, 0.717) is 20.9 Å². The predicted molar refractivity (Wildman–Crippen MR) is 146 cm³/mol. The second-order valence-electron chi connectivity index (χ2n) is 8.44. The van der Waals surface area contributed by atoms with Crippen LogP contribution in [0.4, 0.5) is 0 Å². The Bertz CT molecular complexity index is 941. The Labute approximate surface area is 211 Å². The molecule has 34 heavy (non-hydrogen) atoms. The number of benzene rings is 2. The number of allylic oxidation sites excluding steroid dienone is 2. The molecule has 0 heterocycles. The van der Waals surface area contributed by atoms with Crippen molar-refractivity contribution in [2.45, 2.75) is 0 Å². The summed E-state index contributed by atoms with van der Waals surface area (Å²) in [5.74, 6) is 1.37. The fourth-order valence-electron chi connectivity index (χ4n) is 3.49. The molecule has 0 unspecified atom stereocenters. The SMILES string of the molecule is CN(C)C(=C(SSC(C(=O)c1ccccc1)=C(N(C)C)N(C)C)C(=O)c1ccccc1)N(C)C. The first-order chi connectivity index (χ1) is 16.1. The summed E-state index contributed by atoms with van der Waals surface area (Å²) in [5.41, 5.74) is 1.21.